The molecule has 0 bridgehead atoms. The van der Waals surface area contributed by atoms with Crippen molar-refractivity contribution in [3.8, 4) is 11.5 Å². The monoisotopic (exact) mass is 241 g/mol. The fourth-order valence-electron chi connectivity index (χ4n) is 1.75. The third-order valence-electron chi connectivity index (χ3n) is 2.54. The number of rotatable bonds is 1. The van der Waals surface area contributed by atoms with E-state index in [4.69, 9.17) is 25.8 Å². The van der Waals surface area contributed by atoms with Crippen LogP contribution < -0.4 is 14.8 Å². The first-order chi connectivity index (χ1) is 7.74. The Morgan fingerprint density at radius 1 is 1.25 bits per heavy atom. The molecule has 0 spiro atoms. The van der Waals surface area contributed by atoms with Gasteiger partial charge in [-0.1, -0.05) is 11.6 Å². The summed E-state index contributed by atoms with van der Waals surface area (Å²) in [7, 11) is 0. The molecule has 1 aromatic carbocycles. The largest absolute Gasteiger partial charge is 0.454 e. The van der Waals surface area contributed by atoms with Gasteiger partial charge in [-0.3, -0.25) is 0 Å². The van der Waals surface area contributed by atoms with E-state index in [1.165, 1.54) is 0 Å². The van der Waals surface area contributed by atoms with Gasteiger partial charge in [0, 0.05) is 16.7 Å². The Bertz CT molecular complexity index is 462. The highest BCUT2D eigenvalue weighted by Crippen LogP contribution is 2.39. The second kappa shape index (κ2) is 3.45. The summed E-state index contributed by atoms with van der Waals surface area (Å²) in [6.45, 7) is 0.473. The zero-order valence-corrected chi connectivity index (χ0v) is 8.91. The van der Waals surface area contributed by atoms with Crippen molar-refractivity contribution in [3.05, 3.63) is 22.7 Å². The van der Waals surface area contributed by atoms with E-state index in [1.54, 1.807) is 12.1 Å². The van der Waals surface area contributed by atoms with Crippen molar-refractivity contribution in [2.45, 2.75) is 6.04 Å². The molecule has 2 heterocycles. The van der Waals surface area contributed by atoms with Crippen LogP contribution in [-0.2, 0) is 4.74 Å². The highest BCUT2D eigenvalue weighted by Gasteiger charge is 2.28. The number of halogens is 1. The first-order valence-electron chi connectivity index (χ1n) is 4.76. The summed E-state index contributed by atoms with van der Waals surface area (Å²) in [4.78, 5) is 10.9. The number of carbonyl (C=O) groups is 1. The predicted molar refractivity (Wildman–Crippen MR) is 54.8 cm³/mol. The van der Waals surface area contributed by atoms with E-state index in [1.807, 2.05) is 0 Å². The summed E-state index contributed by atoms with van der Waals surface area (Å²) in [5.41, 5.74) is 0.775. The SMILES string of the molecule is O=C1N[C@H](c2cc3c(cc2Cl)OCO3)CO1. The van der Waals surface area contributed by atoms with Crippen LogP contribution in [0.5, 0.6) is 11.5 Å². The Morgan fingerprint density at radius 2 is 2.00 bits per heavy atom. The Morgan fingerprint density at radius 3 is 2.69 bits per heavy atom. The van der Waals surface area contributed by atoms with Crippen LogP contribution in [0.25, 0.3) is 0 Å². The minimum absolute atomic E-state index is 0.197. The highest BCUT2D eigenvalue weighted by atomic mass is 35.5. The molecule has 0 unspecified atom stereocenters. The van der Waals surface area contributed by atoms with Crippen LogP contribution in [0, 0.1) is 0 Å². The summed E-state index contributed by atoms with van der Waals surface area (Å²) in [5.74, 6) is 1.26. The van der Waals surface area contributed by atoms with Gasteiger partial charge in [0.15, 0.2) is 11.5 Å². The molecular weight excluding hydrogens is 234 g/mol. The molecule has 1 aromatic rings. The van der Waals surface area contributed by atoms with Gasteiger partial charge < -0.3 is 19.5 Å². The van der Waals surface area contributed by atoms with Gasteiger partial charge in [-0.2, -0.15) is 0 Å². The van der Waals surface area contributed by atoms with Gasteiger partial charge in [0.05, 0.1) is 6.04 Å². The third kappa shape index (κ3) is 1.44. The smallest absolute Gasteiger partial charge is 0.407 e. The van der Waals surface area contributed by atoms with E-state index in [9.17, 15) is 4.79 Å². The molecule has 1 fully saturated rings. The minimum atomic E-state index is -0.432. The van der Waals surface area contributed by atoms with Crippen LogP contribution in [0.15, 0.2) is 12.1 Å². The number of ether oxygens (including phenoxy) is 3. The highest BCUT2D eigenvalue weighted by molar-refractivity contribution is 6.31. The molecule has 0 aliphatic carbocycles. The van der Waals surface area contributed by atoms with Gasteiger partial charge in [0.2, 0.25) is 6.79 Å². The van der Waals surface area contributed by atoms with Crippen molar-refractivity contribution in [1.82, 2.24) is 5.32 Å². The van der Waals surface area contributed by atoms with Gasteiger partial charge in [-0.05, 0) is 6.07 Å². The van der Waals surface area contributed by atoms with Gasteiger partial charge in [-0.25, -0.2) is 4.79 Å². The normalized spacial score (nSPS) is 21.8. The molecule has 0 radical (unpaired) electrons. The maximum Gasteiger partial charge on any atom is 0.407 e. The fourth-order valence-corrected chi connectivity index (χ4v) is 2.04. The quantitative estimate of drug-likeness (QED) is 0.815. The number of hydrogen-bond donors (Lipinski definition) is 1. The number of carbonyl (C=O) groups excluding carboxylic acids is 1. The van der Waals surface area contributed by atoms with Crippen LogP contribution in [0.4, 0.5) is 4.79 Å². The molecule has 1 N–H and O–H groups in total. The van der Waals surface area contributed by atoms with Crippen molar-refractivity contribution in [2.75, 3.05) is 13.4 Å². The molecule has 84 valence electrons. The molecule has 1 atom stereocenters. The molecule has 3 rings (SSSR count). The molecular formula is C10H8ClNO4. The number of nitrogens with one attached hydrogen (secondary N) is 1. The van der Waals surface area contributed by atoms with Gasteiger partial charge >= 0.3 is 6.09 Å². The van der Waals surface area contributed by atoms with Crippen LogP contribution in [0.3, 0.4) is 0 Å². The Labute approximate surface area is 96.2 Å². The third-order valence-corrected chi connectivity index (χ3v) is 2.87. The Kier molecular flexibility index (Phi) is 2.07. The van der Waals surface area contributed by atoms with Crippen molar-refractivity contribution >= 4 is 17.7 Å². The fraction of sp³-hybridized carbons (Fsp3) is 0.300. The summed E-state index contributed by atoms with van der Waals surface area (Å²) in [6.07, 6.45) is -0.432. The minimum Gasteiger partial charge on any atom is -0.454 e. The van der Waals surface area contributed by atoms with Crippen molar-refractivity contribution in [3.63, 3.8) is 0 Å². The summed E-state index contributed by atoms with van der Waals surface area (Å²) in [5, 5.41) is 3.19. The maximum absolute atomic E-state index is 10.9. The van der Waals surface area contributed by atoms with E-state index in [0.29, 0.717) is 16.5 Å². The number of amides is 1. The lowest BCUT2D eigenvalue weighted by Crippen LogP contribution is -2.18. The predicted octanol–water partition coefficient (Wildman–Crippen LogP) is 1.85. The molecule has 2 aliphatic heterocycles. The van der Waals surface area contributed by atoms with E-state index in [0.717, 1.165) is 5.56 Å². The number of fused-ring (bicyclic) bond motifs is 1. The molecule has 5 nitrogen and oxygen atoms in total. The molecule has 0 aromatic heterocycles. The number of cyclic esters (lactones) is 1. The summed E-state index contributed by atoms with van der Waals surface area (Å²) < 4.78 is 15.3. The van der Waals surface area contributed by atoms with Gasteiger partial charge in [0.1, 0.15) is 6.61 Å². The maximum atomic E-state index is 10.9. The van der Waals surface area contributed by atoms with Gasteiger partial charge in [0.25, 0.3) is 0 Å². The first kappa shape index (κ1) is 9.59. The Balaban J connectivity index is 1.98. The zero-order valence-electron chi connectivity index (χ0n) is 8.16. The number of benzene rings is 1. The van der Waals surface area contributed by atoms with Crippen molar-refractivity contribution in [2.24, 2.45) is 0 Å². The standard InChI is InChI=1S/C10H8ClNO4/c11-6-2-9-8(15-4-16-9)1-5(6)7-3-14-10(13)12-7/h1-2,7H,3-4H2,(H,12,13)/t7-/m0/s1. The van der Waals surface area contributed by atoms with E-state index >= 15 is 0 Å². The van der Waals surface area contributed by atoms with Crippen LogP contribution in [0.2, 0.25) is 5.02 Å². The lowest BCUT2D eigenvalue weighted by molar-refractivity contribution is 0.174. The summed E-state index contributed by atoms with van der Waals surface area (Å²) in [6, 6.07) is 3.23. The second-order valence-electron chi connectivity index (χ2n) is 3.52. The lowest BCUT2D eigenvalue weighted by atomic mass is 10.1. The first-order valence-corrected chi connectivity index (χ1v) is 5.14. The second-order valence-corrected chi connectivity index (χ2v) is 3.93. The molecule has 1 amide bonds. The lowest BCUT2D eigenvalue weighted by Gasteiger charge is -2.10. The van der Waals surface area contributed by atoms with Crippen LogP contribution in [0.1, 0.15) is 11.6 Å². The zero-order chi connectivity index (χ0) is 11.1. The number of hydrogen-bond acceptors (Lipinski definition) is 4. The Hall–Kier alpha value is -1.62. The molecule has 6 heteroatoms. The van der Waals surface area contributed by atoms with E-state index in [-0.39, 0.29) is 19.4 Å². The van der Waals surface area contributed by atoms with Gasteiger partial charge in [-0.15, -0.1) is 0 Å². The average molecular weight is 242 g/mol. The van der Waals surface area contributed by atoms with Crippen molar-refractivity contribution in [1.29, 1.82) is 0 Å². The van der Waals surface area contributed by atoms with E-state index < -0.39 is 6.09 Å². The topological polar surface area (TPSA) is 56.8 Å². The molecule has 1 saturated heterocycles. The van der Waals surface area contributed by atoms with Crippen molar-refractivity contribution < 1.29 is 19.0 Å². The molecule has 0 saturated carbocycles. The molecule has 2 aliphatic rings. The average Bonchev–Trinajstić information content (AvgIpc) is 2.84. The van der Waals surface area contributed by atoms with E-state index in [2.05, 4.69) is 5.32 Å². The molecule has 16 heavy (non-hydrogen) atoms. The summed E-state index contributed by atoms with van der Waals surface area (Å²) >= 11 is 6.09. The number of alkyl carbamates (subject to hydrolysis) is 1. The van der Waals surface area contributed by atoms with Crippen LogP contribution in [-0.4, -0.2) is 19.5 Å². The van der Waals surface area contributed by atoms with Crippen LogP contribution >= 0.6 is 11.6 Å².